The smallest absolute Gasteiger partial charge is 0.261 e. The Morgan fingerprint density at radius 2 is 1.70 bits per heavy atom. The number of pyridine rings is 1. The van der Waals surface area contributed by atoms with Crippen molar-refractivity contribution in [3.63, 3.8) is 0 Å². The van der Waals surface area contributed by atoms with E-state index in [0.717, 1.165) is 22.5 Å². The van der Waals surface area contributed by atoms with Gasteiger partial charge in [0.2, 0.25) is 0 Å². The van der Waals surface area contributed by atoms with Gasteiger partial charge in [-0.05, 0) is 44.9 Å². The first-order valence-electron chi connectivity index (χ1n) is 8.97. The molecule has 0 aliphatic heterocycles. The maximum atomic E-state index is 12.9. The Morgan fingerprint density at radius 1 is 1.00 bits per heavy atom. The largest absolute Gasteiger partial charge is 0.488 e. The topological polar surface area (TPSA) is 51.2 Å². The van der Waals surface area contributed by atoms with E-state index in [1.807, 2.05) is 82.3 Å². The Bertz CT molecular complexity index is 963. The number of nitrogens with zero attached hydrogens (tertiary/aromatic N) is 1. The van der Waals surface area contributed by atoms with E-state index in [1.165, 1.54) is 5.56 Å². The third kappa shape index (κ3) is 4.53. The minimum absolute atomic E-state index is 0.215. The summed E-state index contributed by atoms with van der Waals surface area (Å²) in [7, 11) is 0. The molecule has 0 saturated heterocycles. The van der Waals surface area contributed by atoms with Crippen LogP contribution in [0.25, 0.3) is 0 Å². The van der Waals surface area contributed by atoms with Gasteiger partial charge in [-0.1, -0.05) is 48.0 Å². The maximum Gasteiger partial charge on any atom is 0.261 e. The Morgan fingerprint density at radius 3 is 2.41 bits per heavy atom. The predicted octanol–water partition coefficient (Wildman–Crippen LogP) is 5.15. The van der Waals surface area contributed by atoms with Gasteiger partial charge in [0.1, 0.15) is 17.9 Å². The predicted molar refractivity (Wildman–Crippen MR) is 108 cm³/mol. The Hall–Kier alpha value is -3.14. The van der Waals surface area contributed by atoms with Gasteiger partial charge in [0.05, 0.1) is 5.69 Å². The molecule has 1 heterocycles. The summed E-state index contributed by atoms with van der Waals surface area (Å²) < 4.78 is 6.01. The van der Waals surface area contributed by atoms with Crippen molar-refractivity contribution in [3.05, 3.63) is 88.2 Å². The molecular weight excluding hydrogens is 336 g/mol. The van der Waals surface area contributed by atoms with Crippen LogP contribution in [0.3, 0.4) is 0 Å². The van der Waals surface area contributed by atoms with Crippen molar-refractivity contribution in [1.29, 1.82) is 0 Å². The number of carbonyl (C=O) groups excluding carboxylic acids is 1. The first-order chi connectivity index (χ1) is 12.9. The molecule has 1 amide bonds. The van der Waals surface area contributed by atoms with Crippen LogP contribution in [0.2, 0.25) is 0 Å². The van der Waals surface area contributed by atoms with Crippen molar-refractivity contribution in [2.45, 2.75) is 34.3 Å². The summed E-state index contributed by atoms with van der Waals surface area (Å²) in [4.78, 5) is 17.4. The summed E-state index contributed by atoms with van der Waals surface area (Å²) in [6.45, 7) is 8.14. The van der Waals surface area contributed by atoms with E-state index in [9.17, 15) is 4.79 Å². The van der Waals surface area contributed by atoms with Gasteiger partial charge >= 0.3 is 0 Å². The SMILES string of the molecule is Cc1ccc(COc2cc(C)nc(C)c2C(=O)Nc2ccccc2C)cc1. The molecule has 0 unspecified atom stereocenters. The number of rotatable bonds is 5. The summed E-state index contributed by atoms with van der Waals surface area (Å²) in [6, 6.07) is 17.7. The van der Waals surface area contributed by atoms with Crippen LogP contribution in [-0.2, 0) is 6.61 Å². The highest BCUT2D eigenvalue weighted by molar-refractivity contribution is 6.07. The normalized spacial score (nSPS) is 10.5. The second-order valence-corrected chi connectivity index (χ2v) is 6.77. The van der Waals surface area contributed by atoms with Gasteiger partial charge in [0.25, 0.3) is 5.91 Å². The third-order valence-electron chi connectivity index (χ3n) is 4.43. The van der Waals surface area contributed by atoms with Crippen LogP contribution in [0, 0.1) is 27.7 Å². The molecule has 0 fully saturated rings. The first kappa shape index (κ1) is 18.6. The van der Waals surface area contributed by atoms with E-state index >= 15 is 0 Å². The van der Waals surface area contributed by atoms with Gasteiger partial charge in [0.15, 0.2) is 0 Å². The number of carbonyl (C=O) groups is 1. The van der Waals surface area contributed by atoms with Gasteiger partial charge in [-0.3, -0.25) is 9.78 Å². The van der Waals surface area contributed by atoms with Crippen molar-refractivity contribution < 1.29 is 9.53 Å². The lowest BCUT2D eigenvalue weighted by Gasteiger charge is -2.15. The van der Waals surface area contributed by atoms with Gasteiger partial charge in [-0.2, -0.15) is 0 Å². The summed E-state index contributed by atoms with van der Waals surface area (Å²) in [5, 5.41) is 2.97. The monoisotopic (exact) mass is 360 g/mol. The van der Waals surface area contributed by atoms with Crippen LogP contribution in [-0.4, -0.2) is 10.9 Å². The van der Waals surface area contributed by atoms with Crippen LogP contribution in [0.4, 0.5) is 5.69 Å². The molecule has 0 saturated carbocycles. The van der Waals surface area contributed by atoms with Crippen molar-refractivity contribution in [2.24, 2.45) is 0 Å². The average molecular weight is 360 g/mol. The molecule has 0 bridgehead atoms. The average Bonchev–Trinajstić information content (AvgIpc) is 2.62. The lowest BCUT2D eigenvalue weighted by molar-refractivity contribution is 0.102. The third-order valence-corrected chi connectivity index (χ3v) is 4.43. The molecule has 2 aromatic carbocycles. The summed E-state index contributed by atoms with van der Waals surface area (Å²) in [5.74, 6) is 0.333. The fourth-order valence-corrected chi connectivity index (χ4v) is 2.93. The van der Waals surface area contributed by atoms with Gasteiger partial charge in [0, 0.05) is 17.4 Å². The quantitative estimate of drug-likeness (QED) is 0.685. The Balaban J connectivity index is 1.86. The number of hydrogen-bond donors (Lipinski definition) is 1. The molecule has 27 heavy (non-hydrogen) atoms. The number of hydrogen-bond acceptors (Lipinski definition) is 3. The molecule has 138 valence electrons. The summed E-state index contributed by atoms with van der Waals surface area (Å²) in [6.07, 6.45) is 0. The number of amides is 1. The fraction of sp³-hybridized carbons (Fsp3) is 0.217. The number of aryl methyl sites for hydroxylation is 4. The molecule has 1 aromatic heterocycles. The molecule has 0 atom stereocenters. The van der Waals surface area contributed by atoms with Crippen LogP contribution in [0.5, 0.6) is 5.75 Å². The van der Waals surface area contributed by atoms with E-state index in [4.69, 9.17) is 4.74 Å². The van der Waals surface area contributed by atoms with Crippen LogP contribution in [0.1, 0.15) is 38.4 Å². The van der Waals surface area contributed by atoms with Gasteiger partial charge < -0.3 is 10.1 Å². The molecule has 3 rings (SSSR count). The van der Waals surface area contributed by atoms with Crippen LogP contribution in [0.15, 0.2) is 54.6 Å². The molecule has 0 aliphatic carbocycles. The zero-order valence-corrected chi connectivity index (χ0v) is 16.2. The van der Waals surface area contributed by atoms with Crippen molar-refractivity contribution >= 4 is 11.6 Å². The highest BCUT2D eigenvalue weighted by Gasteiger charge is 2.18. The van der Waals surface area contributed by atoms with E-state index in [0.29, 0.717) is 23.6 Å². The zero-order valence-electron chi connectivity index (χ0n) is 16.2. The highest BCUT2D eigenvalue weighted by atomic mass is 16.5. The molecular formula is C23H24N2O2. The minimum atomic E-state index is -0.215. The second-order valence-electron chi connectivity index (χ2n) is 6.77. The van der Waals surface area contributed by atoms with Crippen LogP contribution < -0.4 is 10.1 Å². The maximum absolute atomic E-state index is 12.9. The standard InChI is InChI=1S/C23H24N2O2/c1-15-9-11-19(12-10-15)14-27-21-13-17(3)24-18(4)22(21)23(26)25-20-8-6-5-7-16(20)2/h5-13H,14H2,1-4H3,(H,25,26). The first-order valence-corrected chi connectivity index (χ1v) is 8.97. The van der Waals surface area contributed by atoms with E-state index in [2.05, 4.69) is 10.3 Å². The Kier molecular flexibility index (Phi) is 5.55. The van der Waals surface area contributed by atoms with E-state index < -0.39 is 0 Å². The number of para-hydroxylation sites is 1. The number of ether oxygens (including phenoxy) is 1. The lowest BCUT2D eigenvalue weighted by Crippen LogP contribution is -2.17. The summed E-state index contributed by atoms with van der Waals surface area (Å²) >= 11 is 0. The molecule has 3 aromatic rings. The zero-order chi connectivity index (χ0) is 19.4. The van der Waals surface area contributed by atoms with Crippen LogP contribution >= 0.6 is 0 Å². The van der Waals surface area contributed by atoms with Crippen molar-refractivity contribution in [3.8, 4) is 5.75 Å². The number of nitrogens with one attached hydrogen (secondary N) is 1. The molecule has 0 spiro atoms. The van der Waals surface area contributed by atoms with E-state index in [1.54, 1.807) is 0 Å². The molecule has 4 nitrogen and oxygen atoms in total. The highest BCUT2D eigenvalue weighted by Crippen LogP contribution is 2.25. The number of benzene rings is 2. The molecule has 4 heteroatoms. The molecule has 1 N–H and O–H groups in total. The lowest BCUT2D eigenvalue weighted by atomic mass is 10.1. The summed E-state index contributed by atoms with van der Waals surface area (Å²) in [5.41, 5.74) is 5.98. The fourth-order valence-electron chi connectivity index (χ4n) is 2.93. The van der Waals surface area contributed by atoms with Crippen molar-refractivity contribution in [2.75, 3.05) is 5.32 Å². The molecule has 0 aliphatic rings. The number of aromatic nitrogens is 1. The van der Waals surface area contributed by atoms with E-state index in [-0.39, 0.29) is 5.91 Å². The van der Waals surface area contributed by atoms with Gasteiger partial charge in [-0.15, -0.1) is 0 Å². The Labute approximate surface area is 160 Å². The minimum Gasteiger partial charge on any atom is -0.488 e. The van der Waals surface area contributed by atoms with Gasteiger partial charge in [-0.25, -0.2) is 0 Å². The second kappa shape index (κ2) is 8.04. The number of anilines is 1. The van der Waals surface area contributed by atoms with Crippen molar-refractivity contribution in [1.82, 2.24) is 4.98 Å². The molecule has 0 radical (unpaired) electrons.